The Labute approximate surface area is 110 Å². The Morgan fingerprint density at radius 2 is 1.33 bits per heavy atom. The third-order valence-electron chi connectivity index (χ3n) is 3.30. The zero-order chi connectivity index (χ0) is 11.9. The number of aromatic amines is 1. The van der Waals surface area contributed by atoms with Crippen molar-refractivity contribution in [2.45, 2.75) is 9.79 Å². The van der Waals surface area contributed by atoms with Gasteiger partial charge in [-0.1, -0.05) is 48.2 Å². The number of hydrogen-bond acceptors (Lipinski definition) is 1. The molecule has 1 aliphatic rings. The molecule has 1 N–H and O–H groups in total. The van der Waals surface area contributed by atoms with E-state index in [-0.39, 0.29) is 0 Å². The zero-order valence-corrected chi connectivity index (χ0v) is 10.5. The van der Waals surface area contributed by atoms with Gasteiger partial charge in [-0.05, 0) is 23.8 Å². The fourth-order valence-corrected chi connectivity index (χ4v) is 3.57. The second-order valence-electron chi connectivity index (χ2n) is 4.36. The standard InChI is InChI=1S/C16H11NS/c1-3-7-14-11(5-1)12-9-10-17-16(12)13-6-2-4-8-15(13)18-14/h1-10,17H. The van der Waals surface area contributed by atoms with Crippen molar-refractivity contribution < 1.29 is 0 Å². The van der Waals surface area contributed by atoms with Gasteiger partial charge < -0.3 is 4.98 Å². The molecule has 0 aliphatic carbocycles. The molecular weight excluding hydrogens is 238 g/mol. The van der Waals surface area contributed by atoms with Crippen LogP contribution in [0.1, 0.15) is 0 Å². The number of H-pyrrole nitrogens is 1. The van der Waals surface area contributed by atoms with Gasteiger partial charge in [0.25, 0.3) is 0 Å². The normalized spacial score (nSPS) is 12.2. The maximum absolute atomic E-state index is 3.38. The van der Waals surface area contributed by atoms with Gasteiger partial charge in [0.15, 0.2) is 0 Å². The summed E-state index contributed by atoms with van der Waals surface area (Å²) in [7, 11) is 0. The van der Waals surface area contributed by atoms with Gasteiger partial charge in [0.05, 0.1) is 5.69 Å². The molecule has 1 nitrogen and oxygen atoms in total. The van der Waals surface area contributed by atoms with Gasteiger partial charge in [-0.2, -0.15) is 0 Å². The fraction of sp³-hybridized carbons (Fsp3) is 0. The van der Waals surface area contributed by atoms with E-state index in [1.165, 1.54) is 32.2 Å². The van der Waals surface area contributed by atoms with E-state index in [0.717, 1.165) is 0 Å². The summed E-state index contributed by atoms with van der Waals surface area (Å²) < 4.78 is 0. The van der Waals surface area contributed by atoms with Crippen LogP contribution in [0, 0.1) is 0 Å². The molecule has 0 fully saturated rings. The first-order valence-electron chi connectivity index (χ1n) is 5.97. The van der Waals surface area contributed by atoms with Crippen LogP contribution in [0.2, 0.25) is 0 Å². The summed E-state index contributed by atoms with van der Waals surface area (Å²) in [6.07, 6.45) is 2.02. The largest absolute Gasteiger partial charge is 0.361 e. The molecule has 1 aliphatic heterocycles. The topological polar surface area (TPSA) is 15.8 Å². The van der Waals surface area contributed by atoms with E-state index < -0.39 is 0 Å². The Bertz CT molecular complexity index is 667. The highest BCUT2D eigenvalue weighted by Gasteiger charge is 2.19. The molecule has 0 saturated heterocycles. The van der Waals surface area contributed by atoms with Crippen molar-refractivity contribution in [3.8, 4) is 22.4 Å². The van der Waals surface area contributed by atoms with E-state index >= 15 is 0 Å². The summed E-state index contributed by atoms with van der Waals surface area (Å²) in [5.41, 5.74) is 5.12. The van der Waals surface area contributed by atoms with E-state index in [1.807, 2.05) is 18.0 Å². The van der Waals surface area contributed by atoms with E-state index in [0.29, 0.717) is 0 Å². The molecule has 86 valence electrons. The molecule has 0 atom stereocenters. The highest BCUT2D eigenvalue weighted by molar-refractivity contribution is 7.99. The van der Waals surface area contributed by atoms with Gasteiger partial charge in [0.2, 0.25) is 0 Å². The van der Waals surface area contributed by atoms with Gasteiger partial charge >= 0.3 is 0 Å². The third-order valence-corrected chi connectivity index (χ3v) is 4.45. The maximum Gasteiger partial charge on any atom is 0.0545 e. The van der Waals surface area contributed by atoms with Gasteiger partial charge in [-0.25, -0.2) is 0 Å². The first-order valence-corrected chi connectivity index (χ1v) is 6.79. The van der Waals surface area contributed by atoms with Crippen molar-refractivity contribution >= 4 is 11.8 Å². The molecule has 3 aromatic rings. The Morgan fingerprint density at radius 3 is 2.17 bits per heavy atom. The van der Waals surface area contributed by atoms with Gasteiger partial charge in [0, 0.05) is 27.1 Å². The third kappa shape index (κ3) is 1.36. The molecule has 0 bridgehead atoms. The second kappa shape index (κ2) is 3.79. The summed E-state index contributed by atoms with van der Waals surface area (Å²) >= 11 is 1.84. The molecule has 4 rings (SSSR count). The zero-order valence-electron chi connectivity index (χ0n) is 9.68. The first-order chi connectivity index (χ1) is 8.93. The van der Waals surface area contributed by atoms with Crippen molar-refractivity contribution in [2.75, 3.05) is 0 Å². The van der Waals surface area contributed by atoms with Crippen molar-refractivity contribution in [3.63, 3.8) is 0 Å². The first kappa shape index (κ1) is 10.0. The number of hydrogen-bond donors (Lipinski definition) is 1. The molecular formula is C16H11NS. The minimum absolute atomic E-state index is 1.23. The number of rotatable bonds is 0. The number of benzene rings is 2. The van der Waals surface area contributed by atoms with Gasteiger partial charge in [-0.3, -0.25) is 0 Å². The number of nitrogens with one attached hydrogen (secondary N) is 1. The molecule has 0 saturated carbocycles. The monoisotopic (exact) mass is 249 g/mol. The second-order valence-corrected chi connectivity index (χ2v) is 5.44. The lowest BCUT2D eigenvalue weighted by Crippen LogP contribution is -1.81. The smallest absolute Gasteiger partial charge is 0.0545 e. The summed E-state index contributed by atoms with van der Waals surface area (Å²) in [5.74, 6) is 0. The van der Waals surface area contributed by atoms with Crippen LogP contribution in [-0.2, 0) is 0 Å². The molecule has 2 heterocycles. The predicted octanol–water partition coefficient (Wildman–Crippen LogP) is 4.81. The van der Waals surface area contributed by atoms with Crippen LogP contribution in [0.3, 0.4) is 0 Å². The van der Waals surface area contributed by atoms with Crippen LogP contribution in [0.4, 0.5) is 0 Å². The predicted molar refractivity (Wildman–Crippen MR) is 75.8 cm³/mol. The molecule has 2 heteroatoms. The molecule has 0 spiro atoms. The van der Waals surface area contributed by atoms with Crippen molar-refractivity contribution in [2.24, 2.45) is 0 Å². The molecule has 0 radical (unpaired) electrons. The lowest BCUT2D eigenvalue weighted by Gasteiger charge is -2.04. The van der Waals surface area contributed by atoms with Crippen LogP contribution in [-0.4, -0.2) is 4.98 Å². The number of aromatic nitrogens is 1. The van der Waals surface area contributed by atoms with E-state index in [9.17, 15) is 0 Å². The van der Waals surface area contributed by atoms with Crippen LogP contribution >= 0.6 is 11.8 Å². The van der Waals surface area contributed by atoms with Gasteiger partial charge in [-0.15, -0.1) is 0 Å². The van der Waals surface area contributed by atoms with Crippen LogP contribution in [0.15, 0.2) is 70.6 Å². The molecule has 18 heavy (non-hydrogen) atoms. The highest BCUT2D eigenvalue weighted by atomic mass is 32.2. The van der Waals surface area contributed by atoms with E-state index in [1.54, 1.807) is 0 Å². The summed E-state index contributed by atoms with van der Waals surface area (Å²) in [4.78, 5) is 6.02. The van der Waals surface area contributed by atoms with Gasteiger partial charge in [0.1, 0.15) is 0 Å². The Hall–Kier alpha value is -1.93. The number of fused-ring (bicyclic) bond motifs is 5. The highest BCUT2D eigenvalue weighted by Crippen LogP contribution is 2.46. The average molecular weight is 249 g/mol. The Kier molecular flexibility index (Phi) is 2.11. The van der Waals surface area contributed by atoms with E-state index in [4.69, 9.17) is 0 Å². The summed E-state index contributed by atoms with van der Waals surface area (Å²) in [6.45, 7) is 0. The Morgan fingerprint density at radius 1 is 0.667 bits per heavy atom. The quantitative estimate of drug-likeness (QED) is 0.472. The van der Waals surface area contributed by atoms with Crippen molar-refractivity contribution in [3.05, 3.63) is 60.8 Å². The molecule has 1 aromatic heterocycles. The van der Waals surface area contributed by atoms with Crippen molar-refractivity contribution in [1.29, 1.82) is 0 Å². The molecule has 0 amide bonds. The maximum atomic E-state index is 3.38. The SMILES string of the molecule is c1ccc2c(c1)Sc1ccccc1-c1[nH]ccc1-2. The minimum atomic E-state index is 1.23. The fourth-order valence-electron chi connectivity index (χ4n) is 2.48. The summed E-state index contributed by atoms with van der Waals surface area (Å²) in [5, 5.41) is 0. The lowest BCUT2D eigenvalue weighted by atomic mass is 10.0. The minimum Gasteiger partial charge on any atom is -0.361 e. The van der Waals surface area contributed by atoms with Crippen molar-refractivity contribution in [1.82, 2.24) is 4.98 Å². The summed E-state index contributed by atoms with van der Waals surface area (Å²) in [6, 6.07) is 19.3. The molecule has 2 aromatic carbocycles. The van der Waals surface area contributed by atoms with E-state index in [2.05, 4.69) is 59.6 Å². The average Bonchev–Trinajstić information content (AvgIpc) is 2.84. The Balaban J connectivity index is 2.12. The molecule has 0 unspecified atom stereocenters. The van der Waals surface area contributed by atoms with Crippen LogP contribution < -0.4 is 0 Å². The van der Waals surface area contributed by atoms with Crippen LogP contribution in [0.25, 0.3) is 22.4 Å². The lowest BCUT2D eigenvalue weighted by molar-refractivity contribution is 1.35. The van der Waals surface area contributed by atoms with Crippen LogP contribution in [0.5, 0.6) is 0 Å².